The van der Waals surface area contributed by atoms with Crippen LogP contribution in [0.3, 0.4) is 0 Å². The average molecular weight is 242 g/mol. The highest BCUT2D eigenvalue weighted by molar-refractivity contribution is 5.85. The van der Waals surface area contributed by atoms with Crippen LogP contribution in [0.5, 0.6) is 0 Å². The fourth-order valence-corrected chi connectivity index (χ4v) is 1.65. The summed E-state index contributed by atoms with van der Waals surface area (Å²) in [5.41, 5.74) is 1.88. The van der Waals surface area contributed by atoms with Gasteiger partial charge in [0, 0.05) is 11.6 Å². The molecule has 2 aromatic carbocycles. The van der Waals surface area contributed by atoms with Crippen molar-refractivity contribution in [3.8, 4) is 11.1 Å². The van der Waals surface area contributed by atoms with E-state index in [1.165, 1.54) is 12.1 Å². The second-order valence-corrected chi connectivity index (χ2v) is 3.78. The first-order valence-corrected chi connectivity index (χ1v) is 5.43. The lowest BCUT2D eigenvalue weighted by Gasteiger charge is -2.04. The van der Waals surface area contributed by atoms with Crippen LogP contribution in [0.15, 0.2) is 54.6 Å². The number of carbonyl (C=O) groups is 1. The molecule has 0 amide bonds. The second kappa shape index (κ2) is 5.27. The molecule has 0 saturated heterocycles. The molecular formula is C15H11FO2. The molecule has 90 valence electrons. The van der Waals surface area contributed by atoms with E-state index in [-0.39, 0.29) is 5.82 Å². The maximum atomic E-state index is 13.7. The van der Waals surface area contributed by atoms with Gasteiger partial charge in [0.25, 0.3) is 0 Å². The van der Waals surface area contributed by atoms with Crippen LogP contribution < -0.4 is 0 Å². The van der Waals surface area contributed by atoms with Crippen LogP contribution in [0.2, 0.25) is 0 Å². The van der Waals surface area contributed by atoms with Crippen molar-refractivity contribution < 1.29 is 14.3 Å². The Morgan fingerprint density at radius 3 is 2.50 bits per heavy atom. The molecule has 0 bridgehead atoms. The highest BCUT2D eigenvalue weighted by Crippen LogP contribution is 2.24. The minimum Gasteiger partial charge on any atom is -0.478 e. The Labute approximate surface area is 104 Å². The summed E-state index contributed by atoms with van der Waals surface area (Å²) in [7, 11) is 0. The molecule has 0 spiro atoms. The zero-order valence-electron chi connectivity index (χ0n) is 9.51. The molecule has 2 rings (SSSR count). The van der Waals surface area contributed by atoms with E-state index in [1.54, 1.807) is 12.1 Å². The van der Waals surface area contributed by atoms with E-state index in [4.69, 9.17) is 5.11 Å². The van der Waals surface area contributed by atoms with Gasteiger partial charge >= 0.3 is 5.97 Å². The third-order valence-corrected chi connectivity index (χ3v) is 2.49. The Kier molecular flexibility index (Phi) is 3.53. The molecular weight excluding hydrogens is 231 g/mol. The molecule has 18 heavy (non-hydrogen) atoms. The summed E-state index contributed by atoms with van der Waals surface area (Å²) in [6.45, 7) is 0. The number of benzene rings is 2. The SMILES string of the molecule is O=C(O)C=Cc1ccc(F)c(-c2ccccc2)c1. The first kappa shape index (κ1) is 12.0. The molecule has 2 aromatic rings. The van der Waals surface area contributed by atoms with Gasteiger partial charge < -0.3 is 5.11 Å². The van der Waals surface area contributed by atoms with Crippen LogP contribution in [0.25, 0.3) is 17.2 Å². The summed E-state index contributed by atoms with van der Waals surface area (Å²) in [5.74, 6) is -1.35. The van der Waals surface area contributed by atoms with E-state index in [9.17, 15) is 9.18 Å². The summed E-state index contributed by atoms with van der Waals surface area (Å²) in [5, 5.41) is 8.55. The minimum absolute atomic E-state index is 0.325. The van der Waals surface area contributed by atoms with Gasteiger partial charge in [-0.25, -0.2) is 9.18 Å². The summed E-state index contributed by atoms with van der Waals surface area (Å²) >= 11 is 0. The molecule has 0 saturated carbocycles. The molecule has 0 aromatic heterocycles. The lowest BCUT2D eigenvalue weighted by Crippen LogP contribution is -1.88. The Balaban J connectivity index is 2.42. The van der Waals surface area contributed by atoms with Crippen molar-refractivity contribution in [2.24, 2.45) is 0 Å². The lowest BCUT2D eigenvalue weighted by atomic mass is 10.0. The molecule has 0 aliphatic rings. The Morgan fingerprint density at radius 1 is 1.11 bits per heavy atom. The zero-order chi connectivity index (χ0) is 13.0. The minimum atomic E-state index is -1.03. The summed E-state index contributed by atoms with van der Waals surface area (Å²) in [6, 6.07) is 13.6. The molecule has 3 heteroatoms. The Hall–Kier alpha value is -2.42. The second-order valence-electron chi connectivity index (χ2n) is 3.78. The van der Waals surface area contributed by atoms with E-state index in [0.717, 1.165) is 11.6 Å². The molecule has 2 nitrogen and oxygen atoms in total. The zero-order valence-corrected chi connectivity index (χ0v) is 9.51. The van der Waals surface area contributed by atoms with Crippen LogP contribution in [-0.2, 0) is 4.79 Å². The van der Waals surface area contributed by atoms with Gasteiger partial charge in [-0.15, -0.1) is 0 Å². The molecule has 0 heterocycles. The van der Waals surface area contributed by atoms with Crippen molar-refractivity contribution in [1.29, 1.82) is 0 Å². The van der Waals surface area contributed by atoms with Crippen LogP contribution in [0.4, 0.5) is 4.39 Å². The van der Waals surface area contributed by atoms with Crippen molar-refractivity contribution >= 4 is 12.0 Å². The highest BCUT2D eigenvalue weighted by atomic mass is 19.1. The molecule has 0 unspecified atom stereocenters. The highest BCUT2D eigenvalue weighted by Gasteiger charge is 2.04. The Bertz CT molecular complexity index is 589. The summed E-state index contributed by atoms with van der Waals surface area (Å²) in [4.78, 5) is 10.4. The van der Waals surface area contributed by atoms with Gasteiger partial charge in [0.2, 0.25) is 0 Å². The largest absolute Gasteiger partial charge is 0.478 e. The van der Waals surface area contributed by atoms with Crippen LogP contribution >= 0.6 is 0 Å². The molecule has 0 aliphatic heterocycles. The number of hydrogen-bond acceptors (Lipinski definition) is 1. The maximum Gasteiger partial charge on any atom is 0.328 e. The van der Waals surface area contributed by atoms with Gasteiger partial charge in [0.05, 0.1) is 0 Å². The summed E-state index contributed by atoms with van der Waals surface area (Å²) < 4.78 is 13.7. The van der Waals surface area contributed by atoms with Gasteiger partial charge in [-0.3, -0.25) is 0 Å². The fourth-order valence-electron chi connectivity index (χ4n) is 1.65. The predicted octanol–water partition coefficient (Wildman–Crippen LogP) is 3.59. The predicted molar refractivity (Wildman–Crippen MR) is 68.5 cm³/mol. The fraction of sp³-hybridized carbons (Fsp3) is 0. The number of carboxylic acids is 1. The van der Waals surface area contributed by atoms with E-state index < -0.39 is 5.97 Å². The quantitative estimate of drug-likeness (QED) is 0.835. The number of aliphatic carboxylic acids is 1. The van der Waals surface area contributed by atoms with Gasteiger partial charge in [-0.05, 0) is 29.3 Å². The lowest BCUT2D eigenvalue weighted by molar-refractivity contribution is -0.131. The monoisotopic (exact) mass is 242 g/mol. The number of carboxylic acid groups (broad SMARTS) is 1. The number of hydrogen-bond donors (Lipinski definition) is 1. The normalized spacial score (nSPS) is 10.7. The third kappa shape index (κ3) is 2.83. The topological polar surface area (TPSA) is 37.3 Å². The molecule has 0 radical (unpaired) electrons. The average Bonchev–Trinajstić information content (AvgIpc) is 2.38. The maximum absolute atomic E-state index is 13.7. The smallest absolute Gasteiger partial charge is 0.328 e. The van der Waals surface area contributed by atoms with Gasteiger partial charge in [-0.1, -0.05) is 36.4 Å². The molecule has 0 atom stereocenters. The van der Waals surface area contributed by atoms with E-state index in [2.05, 4.69) is 0 Å². The number of rotatable bonds is 3. The first-order valence-electron chi connectivity index (χ1n) is 5.43. The van der Waals surface area contributed by atoms with Crippen molar-refractivity contribution in [3.05, 3.63) is 66.0 Å². The van der Waals surface area contributed by atoms with E-state index in [1.807, 2.05) is 30.3 Å². The molecule has 1 N–H and O–H groups in total. The van der Waals surface area contributed by atoms with Crippen molar-refractivity contribution in [1.82, 2.24) is 0 Å². The van der Waals surface area contributed by atoms with Gasteiger partial charge in [-0.2, -0.15) is 0 Å². The summed E-state index contributed by atoms with van der Waals surface area (Å²) in [6.07, 6.45) is 2.47. The van der Waals surface area contributed by atoms with E-state index >= 15 is 0 Å². The standard InChI is InChI=1S/C15H11FO2/c16-14-8-6-11(7-9-15(17)18)10-13(14)12-4-2-1-3-5-12/h1-10H,(H,17,18). The molecule has 0 fully saturated rings. The van der Waals surface area contributed by atoms with Gasteiger partial charge in [0.15, 0.2) is 0 Å². The van der Waals surface area contributed by atoms with Crippen molar-refractivity contribution in [3.63, 3.8) is 0 Å². The van der Waals surface area contributed by atoms with Crippen molar-refractivity contribution in [2.45, 2.75) is 0 Å². The van der Waals surface area contributed by atoms with E-state index in [0.29, 0.717) is 11.1 Å². The first-order chi connectivity index (χ1) is 8.66. The van der Waals surface area contributed by atoms with Crippen LogP contribution in [-0.4, -0.2) is 11.1 Å². The number of halogens is 1. The Morgan fingerprint density at radius 2 is 1.83 bits per heavy atom. The van der Waals surface area contributed by atoms with Crippen molar-refractivity contribution in [2.75, 3.05) is 0 Å². The van der Waals surface area contributed by atoms with Crippen LogP contribution in [0.1, 0.15) is 5.56 Å². The van der Waals surface area contributed by atoms with Crippen LogP contribution in [0, 0.1) is 5.82 Å². The molecule has 0 aliphatic carbocycles. The van der Waals surface area contributed by atoms with Gasteiger partial charge in [0.1, 0.15) is 5.82 Å². The third-order valence-electron chi connectivity index (χ3n) is 2.49.